The van der Waals surface area contributed by atoms with E-state index in [4.69, 9.17) is 5.73 Å². The first kappa shape index (κ1) is 11.7. The Morgan fingerprint density at radius 3 is 2.78 bits per heavy atom. The van der Waals surface area contributed by atoms with E-state index in [2.05, 4.69) is 17.4 Å². The second kappa shape index (κ2) is 4.73. The van der Waals surface area contributed by atoms with Gasteiger partial charge in [-0.15, -0.1) is 0 Å². The summed E-state index contributed by atoms with van der Waals surface area (Å²) in [5, 5.41) is 3.56. The number of amides is 1. The van der Waals surface area contributed by atoms with Gasteiger partial charge in [-0.3, -0.25) is 4.79 Å². The average Bonchev–Trinajstić information content (AvgIpc) is 3.19. The van der Waals surface area contributed by atoms with Crippen LogP contribution in [0.4, 0.5) is 0 Å². The van der Waals surface area contributed by atoms with E-state index >= 15 is 0 Å². The summed E-state index contributed by atoms with van der Waals surface area (Å²) in [4.78, 5) is 11.8. The Balaban J connectivity index is 1.81. The smallest absolute Gasteiger partial charge is 0.226 e. The Morgan fingerprint density at radius 1 is 1.28 bits per heavy atom. The number of benzene rings is 1. The molecule has 0 radical (unpaired) electrons. The van der Waals surface area contributed by atoms with Crippen molar-refractivity contribution in [1.29, 1.82) is 0 Å². The molecule has 1 aromatic carbocycles. The zero-order valence-corrected chi connectivity index (χ0v) is 10.6. The number of primary amides is 1. The van der Waals surface area contributed by atoms with Gasteiger partial charge in [0.1, 0.15) is 0 Å². The fourth-order valence-corrected chi connectivity index (χ4v) is 2.97. The molecule has 3 heteroatoms. The fourth-order valence-electron chi connectivity index (χ4n) is 2.97. The van der Waals surface area contributed by atoms with Crippen molar-refractivity contribution in [2.24, 2.45) is 11.7 Å². The van der Waals surface area contributed by atoms with Crippen molar-refractivity contribution >= 4 is 5.91 Å². The number of nitrogens with one attached hydrogen (secondary N) is 1. The molecule has 0 bridgehead atoms. The number of nitrogens with two attached hydrogens (primary N) is 1. The van der Waals surface area contributed by atoms with Gasteiger partial charge in [-0.05, 0) is 49.3 Å². The minimum atomic E-state index is -0.199. The lowest BCUT2D eigenvalue weighted by Crippen LogP contribution is -2.44. The molecule has 1 saturated carbocycles. The van der Waals surface area contributed by atoms with Gasteiger partial charge >= 0.3 is 0 Å². The molecule has 3 nitrogen and oxygen atoms in total. The normalized spacial score (nSPS) is 26.7. The standard InChI is InChI=1S/C15H20N2O/c16-15(18)14-12-4-2-1-3-11(12)7-8-13(14)17-9-10-5-6-10/h1-4,10,13-14,17H,5-9H2,(H2,16,18). The van der Waals surface area contributed by atoms with Crippen molar-refractivity contribution in [3.05, 3.63) is 35.4 Å². The first-order valence-corrected chi connectivity index (χ1v) is 6.86. The second-order valence-electron chi connectivity index (χ2n) is 5.58. The first-order chi connectivity index (χ1) is 8.75. The summed E-state index contributed by atoms with van der Waals surface area (Å²) in [6.45, 7) is 1.04. The summed E-state index contributed by atoms with van der Waals surface area (Å²) >= 11 is 0. The molecule has 3 rings (SSSR count). The van der Waals surface area contributed by atoms with Crippen LogP contribution in [0.5, 0.6) is 0 Å². The monoisotopic (exact) mass is 244 g/mol. The van der Waals surface area contributed by atoms with Crippen molar-refractivity contribution in [2.45, 2.75) is 37.6 Å². The molecule has 0 spiro atoms. The highest BCUT2D eigenvalue weighted by Crippen LogP contribution is 2.33. The lowest BCUT2D eigenvalue weighted by Gasteiger charge is -2.32. The number of hydrogen-bond donors (Lipinski definition) is 2. The Labute approximate surface area is 108 Å². The number of rotatable bonds is 4. The molecule has 0 aromatic heterocycles. The van der Waals surface area contributed by atoms with E-state index in [1.54, 1.807) is 0 Å². The minimum Gasteiger partial charge on any atom is -0.369 e. The minimum absolute atomic E-state index is 0.159. The van der Waals surface area contributed by atoms with E-state index in [1.165, 1.54) is 18.4 Å². The molecule has 2 aliphatic rings. The fraction of sp³-hybridized carbons (Fsp3) is 0.533. The highest BCUT2D eigenvalue weighted by molar-refractivity contribution is 5.83. The van der Waals surface area contributed by atoms with Crippen LogP contribution in [0.3, 0.4) is 0 Å². The Morgan fingerprint density at radius 2 is 2.06 bits per heavy atom. The van der Waals surface area contributed by atoms with E-state index in [9.17, 15) is 4.79 Å². The number of fused-ring (bicyclic) bond motifs is 1. The van der Waals surface area contributed by atoms with Crippen molar-refractivity contribution in [1.82, 2.24) is 5.32 Å². The molecule has 1 amide bonds. The van der Waals surface area contributed by atoms with E-state index in [1.807, 2.05) is 12.1 Å². The van der Waals surface area contributed by atoms with E-state index < -0.39 is 0 Å². The van der Waals surface area contributed by atoms with Gasteiger partial charge in [0.05, 0.1) is 5.92 Å². The Hall–Kier alpha value is -1.35. The molecule has 2 aliphatic carbocycles. The lowest BCUT2D eigenvalue weighted by atomic mass is 9.78. The molecule has 2 unspecified atom stereocenters. The van der Waals surface area contributed by atoms with Gasteiger partial charge in [-0.2, -0.15) is 0 Å². The van der Waals surface area contributed by atoms with Gasteiger partial charge in [0.2, 0.25) is 5.91 Å². The largest absolute Gasteiger partial charge is 0.369 e. The van der Waals surface area contributed by atoms with Crippen LogP contribution >= 0.6 is 0 Å². The molecule has 2 atom stereocenters. The lowest BCUT2D eigenvalue weighted by molar-refractivity contribution is -0.120. The molecule has 0 aliphatic heterocycles. The Kier molecular flexibility index (Phi) is 3.08. The van der Waals surface area contributed by atoms with Crippen LogP contribution in [-0.4, -0.2) is 18.5 Å². The Bertz CT molecular complexity index is 454. The summed E-state index contributed by atoms with van der Waals surface area (Å²) in [6.07, 6.45) is 4.72. The van der Waals surface area contributed by atoms with Crippen molar-refractivity contribution < 1.29 is 4.79 Å². The van der Waals surface area contributed by atoms with Gasteiger partial charge in [-0.1, -0.05) is 24.3 Å². The highest BCUT2D eigenvalue weighted by Gasteiger charge is 2.34. The van der Waals surface area contributed by atoms with Crippen LogP contribution in [0.2, 0.25) is 0 Å². The third-order valence-corrected chi connectivity index (χ3v) is 4.19. The van der Waals surface area contributed by atoms with Crippen LogP contribution in [0.25, 0.3) is 0 Å². The molecule has 0 saturated heterocycles. The van der Waals surface area contributed by atoms with Crippen LogP contribution in [0.1, 0.15) is 36.3 Å². The quantitative estimate of drug-likeness (QED) is 0.844. The molecule has 0 heterocycles. The second-order valence-corrected chi connectivity index (χ2v) is 5.58. The molecular weight excluding hydrogens is 224 g/mol. The molecular formula is C15H20N2O. The molecule has 1 fully saturated rings. The SMILES string of the molecule is NC(=O)C1c2ccccc2CCC1NCC1CC1. The number of aryl methyl sites for hydroxylation is 1. The molecule has 18 heavy (non-hydrogen) atoms. The number of carbonyl (C=O) groups excluding carboxylic acids is 1. The summed E-state index contributed by atoms with van der Waals surface area (Å²) in [5.74, 6) is 0.472. The maximum absolute atomic E-state index is 11.8. The van der Waals surface area contributed by atoms with Gasteiger partial charge in [-0.25, -0.2) is 0 Å². The highest BCUT2D eigenvalue weighted by atomic mass is 16.1. The summed E-state index contributed by atoms with van der Waals surface area (Å²) in [7, 11) is 0. The van der Waals surface area contributed by atoms with E-state index in [0.717, 1.165) is 30.9 Å². The third-order valence-electron chi connectivity index (χ3n) is 4.19. The van der Waals surface area contributed by atoms with Crippen LogP contribution < -0.4 is 11.1 Å². The van der Waals surface area contributed by atoms with Crippen molar-refractivity contribution in [3.63, 3.8) is 0 Å². The number of carbonyl (C=O) groups is 1. The zero-order chi connectivity index (χ0) is 12.5. The predicted molar refractivity (Wildman–Crippen MR) is 71.2 cm³/mol. The number of hydrogen-bond acceptors (Lipinski definition) is 2. The average molecular weight is 244 g/mol. The summed E-state index contributed by atoms with van der Waals surface area (Å²) < 4.78 is 0. The van der Waals surface area contributed by atoms with Crippen LogP contribution in [-0.2, 0) is 11.2 Å². The van der Waals surface area contributed by atoms with Gasteiger partial charge in [0, 0.05) is 6.04 Å². The zero-order valence-electron chi connectivity index (χ0n) is 10.6. The van der Waals surface area contributed by atoms with Gasteiger partial charge in [0.15, 0.2) is 0 Å². The maximum atomic E-state index is 11.8. The topological polar surface area (TPSA) is 55.1 Å². The summed E-state index contributed by atoms with van der Waals surface area (Å²) in [6, 6.07) is 8.42. The van der Waals surface area contributed by atoms with Crippen LogP contribution in [0.15, 0.2) is 24.3 Å². The first-order valence-electron chi connectivity index (χ1n) is 6.86. The third kappa shape index (κ3) is 2.27. The van der Waals surface area contributed by atoms with Gasteiger partial charge in [0.25, 0.3) is 0 Å². The van der Waals surface area contributed by atoms with E-state index in [-0.39, 0.29) is 17.9 Å². The summed E-state index contributed by atoms with van der Waals surface area (Å²) in [5.41, 5.74) is 8.03. The van der Waals surface area contributed by atoms with E-state index in [0.29, 0.717) is 0 Å². The van der Waals surface area contributed by atoms with Crippen molar-refractivity contribution in [2.75, 3.05) is 6.54 Å². The molecule has 96 valence electrons. The van der Waals surface area contributed by atoms with Crippen LogP contribution in [0, 0.1) is 5.92 Å². The molecule has 1 aromatic rings. The van der Waals surface area contributed by atoms with Gasteiger partial charge < -0.3 is 11.1 Å². The predicted octanol–water partition coefficient (Wildman–Crippen LogP) is 1.57. The van der Waals surface area contributed by atoms with Crippen molar-refractivity contribution in [3.8, 4) is 0 Å². The molecule has 3 N–H and O–H groups in total. The maximum Gasteiger partial charge on any atom is 0.226 e.